The second-order valence-corrected chi connectivity index (χ2v) is 5.98. The summed E-state index contributed by atoms with van der Waals surface area (Å²) >= 11 is 0. The molecule has 0 saturated heterocycles. The molecule has 3 aromatic rings. The Morgan fingerprint density at radius 3 is 2.65 bits per heavy atom. The van der Waals surface area contributed by atoms with Gasteiger partial charge in [-0.3, -0.25) is 4.79 Å². The van der Waals surface area contributed by atoms with Crippen LogP contribution in [-0.2, 0) is 27.3 Å². The van der Waals surface area contributed by atoms with E-state index in [0.29, 0.717) is 11.9 Å². The monoisotopic (exact) mass is 354 g/mol. The van der Waals surface area contributed by atoms with Gasteiger partial charge in [-0.05, 0) is 35.2 Å². The van der Waals surface area contributed by atoms with Crippen LogP contribution in [0.4, 0.5) is 4.39 Å². The molecule has 26 heavy (non-hydrogen) atoms. The lowest BCUT2D eigenvalue weighted by Crippen LogP contribution is -2.44. The fourth-order valence-electron chi connectivity index (χ4n) is 2.87. The van der Waals surface area contributed by atoms with Gasteiger partial charge in [0.05, 0.1) is 12.6 Å². The predicted molar refractivity (Wildman–Crippen MR) is 96.0 cm³/mol. The minimum atomic E-state index is -0.784. The van der Waals surface area contributed by atoms with Crippen molar-refractivity contribution in [2.75, 3.05) is 7.11 Å². The molecule has 0 radical (unpaired) electrons. The number of methoxy groups -OCH3 is 1. The van der Waals surface area contributed by atoms with Crippen LogP contribution >= 0.6 is 0 Å². The Hall–Kier alpha value is -3.15. The van der Waals surface area contributed by atoms with Crippen molar-refractivity contribution in [3.63, 3.8) is 0 Å². The molecule has 1 amide bonds. The molecule has 1 heterocycles. The molecule has 5 nitrogen and oxygen atoms in total. The lowest BCUT2D eigenvalue weighted by atomic mass is 10.1. The van der Waals surface area contributed by atoms with Crippen molar-refractivity contribution in [1.29, 1.82) is 0 Å². The Labute approximate surface area is 150 Å². The quantitative estimate of drug-likeness (QED) is 0.693. The molecular weight excluding hydrogens is 335 g/mol. The molecule has 1 atom stereocenters. The van der Waals surface area contributed by atoms with E-state index in [1.807, 2.05) is 36.4 Å². The van der Waals surface area contributed by atoms with E-state index in [0.717, 1.165) is 10.9 Å². The zero-order valence-electron chi connectivity index (χ0n) is 14.3. The van der Waals surface area contributed by atoms with Gasteiger partial charge in [-0.1, -0.05) is 30.3 Å². The molecule has 0 aliphatic heterocycles. The maximum Gasteiger partial charge on any atom is 0.328 e. The number of carbonyl (C=O) groups excluding carboxylic acids is 2. The van der Waals surface area contributed by atoms with Crippen LogP contribution in [0.25, 0.3) is 10.9 Å². The van der Waals surface area contributed by atoms with E-state index >= 15 is 0 Å². The topological polar surface area (TPSA) is 60.3 Å². The van der Waals surface area contributed by atoms with Crippen molar-refractivity contribution in [3.05, 3.63) is 72.2 Å². The number of nitrogens with one attached hydrogen (secondary N) is 1. The van der Waals surface area contributed by atoms with E-state index in [4.69, 9.17) is 4.74 Å². The zero-order chi connectivity index (χ0) is 18.5. The average Bonchev–Trinajstić information content (AvgIpc) is 3.03. The van der Waals surface area contributed by atoms with E-state index < -0.39 is 12.0 Å². The molecule has 1 unspecified atom stereocenters. The number of benzene rings is 2. The maximum atomic E-state index is 13.5. The van der Waals surface area contributed by atoms with E-state index in [2.05, 4.69) is 5.32 Å². The zero-order valence-corrected chi connectivity index (χ0v) is 14.3. The summed E-state index contributed by atoms with van der Waals surface area (Å²) in [4.78, 5) is 24.4. The maximum absolute atomic E-state index is 13.5. The number of carbonyl (C=O) groups is 2. The highest BCUT2D eigenvalue weighted by molar-refractivity contribution is 5.86. The first-order chi connectivity index (χ1) is 12.6. The highest BCUT2D eigenvalue weighted by atomic mass is 19.1. The number of amides is 1. The Morgan fingerprint density at radius 2 is 1.92 bits per heavy atom. The van der Waals surface area contributed by atoms with Gasteiger partial charge in [-0.25, -0.2) is 9.18 Å². The fourth-order valence-corrected chi connectivity index (χ4v) is 2.87. The van der Waals surface area contributed by atoms with Crippen molar-refractivity contribution in [1.82, 2.24) is 9.88 Å². The number of esters is 1. The van der Waals surface area contributed by atoms with Crippen LogP contribution in [0.2, 0.25) is 0 Å². The molecule has 0 fully saturated rings. The molecule has 3 rings (SSSR count). The molecule has 2 aromatic carbocycles. The van der Waals surface area contributed by atoms with Crippen molar-refractivity contribution < 1.29 is 18.7 Å². The number of fused-ring (bicyclic) bond motifs is 1. The molecule has 134 valence electrons. The van der Waals surface area contributed by atoms with E-state index in [1.54, 1.807) is 16.8 Å². The summed E-state index contributed by atoms with van der Waals surface area (Å²) in [5.74, 6) is -1.22. The van der Waals surface area contributed by atoms with Gasteiger partial charge in [0.1, 0.15) is 18.4 Å². The lowest BCUT2D eigenvalue weighted by molar-refractivity contribution is -0.145. The molecule has 0 aliphatic carbocycles. The van der Waals surface area contributed by atoms with Crippen LogP contribution in [0.3, 0.4) is 0 Å². The van der Waals surface area contributed by atoms with Gasteiger partial charge in [0.2, 0.25) is 5.91 Å². The SMILES string of the molecule is COC(=O)C(Cc1ccccc1)NC(=O)Cn1ccc2ccc(F)cc21. The first-order valence-corrected chi connectivity index (χ1v) is 8.22. The second kappa shape index (κ2) is 7.82. The Kier molecular flexibility index (Phi) is 5.31. The van der Waals surface area contributed by atoms with E-state index in [-0.39, 0.29) is 18.3 Å². The number of halogens is 1. The van der Waals surface area contributed by atoms with Crippen LogP contribution in [0, 0.1) is 5.82 Å². The summed E-state index contributed by atoms with van der Waals surface area (Å²) in [5, 5.41) is 3.55. The summed E-state index contributed by atoms with van der Waals surface area (Å²) in [5.41, 5.74) is 1.54. The Morgan fingerprint density at radius 1 is 1.15 bits per heavy atom. The summed E-state index contributed by atoms with van der Waals surface area (Å²) in [6.45, 7) is -0.0186. The highest BCUT2D eigenvalue weighted by Crippen LogP contribution is 2.17. The standard InChI is InChI=1S/C20H19FN2O3/c1-26-20(25)17(11-14-5-3-2-4-6-14)22-19(24)13-23-10-9-15-7-8-16(21)12-18(15)23/h2-10,12,17H,11,13H2,1H3,(H,22,24). The van der Waals surface area contributed by atoms with Gasteiger partial charge in [0.15, 0.2) is 0 Å². The molecule has 0 bridgehead atoms. The van der Waals surface area contributed by atoms with Gasteiger partial charge in [0, 0.05) is 12.6 Å². The van der Waals surface area contributed by atoms with Gasteiger partial charge >= 0.3 is 5.97 Å². The van der Waals surface area contributed by atoms with Crippen LogP contribution in [0.15, 0.2) is 60.8 Å². The van der Waals surface area contributed by atoms with Gasteiger partial charge in [-0.2, -0.15) is 0 Å². The Balaban J connectivity index is 1.72. The smallest absolute Gasteiger partial charge is 0.328 e. The molecule has 6 heteroatoms. The summed E-state index contributed by atoms with van der Waals surface area (Å²) in [6.07, 6.45) is 2.05. The summed E-state index contributed by atoms with van der Waals surface area (Å²) in [6, 6.07) is 14.8. The average molecular weight is 354 g/mol. The molecule has 0 saturated carbocycles. The fraction of sp³-hybridized carbons (Fsp3) is 0.200. The van der Waals surface area contributed by atoms with Crippen molar-refractivity contribution >= 4 is 22.8 Å². The van der Waals surface area contributed by atoms with Gasteiger partial charge < -0.3 is 14.6 Å². The number of ether oxygens (including phenoxy) is 1. The molecule has 1 aromatic heterocycles. The third-order valence-corrected chi connectivity index (χ3v) is 4.15. The largest absolute Gasteiger partial charge is 0.467 e. The molecular formula is C20H19FN2O3. The number of nitrogens with zero attached hydrogens (tertiary/aromatic N) is 1. The van der Waals surface area contributed by atoms with Crippen molar-refractivity contribution in [2.45, 2.75) is 19.0 Å². The third-order valence-electron chi connectivity index (χ3n) is 4.15. The van der Waals surface area contributed by atoms with Crippen LogP contribution in [0.1, 0.15) is 5.56 Å². The summed E-state index contributed by atoms with van der Waals surface area (Å²) in [7, 11) is 1.29. The molecule has 0 aliphatic rings. The van der Waals surface area contributed by atoms with Crippen molar-refractivity contribution in [3.8, 4) is 0 Å². The van der Waals surface area contributed by atoms with Crippen molar-refractivity contribution in [2.24, 2.45) is 0 Å². The normalized spacial score (nSPS) is 11.9. The molecule has 1 N–H and O–H groups in total. The van der Waals surface area contributed by atoms with Crippen LogP contribution < -0.4 is 5.32 Å². The molecule has 0 spiro atoms. The first-order valence-electron chi connectivity index (χ1n) is 8.22. The van der Waals surface area contributed by atoms with E-state index in [9.17, 15) is 14.0 Å². The number of aromatic nitrogens is 1. The minimum Gasteiger partial charge on any atom is -0.467 e. The van der Waals surface area contributed by atoms with E-state index in [1.165, 1.54) is 19.2 Å². The lowest BCUT2D eigenvalue weighted by Gasteiger charge is -2.17. The Bertz CT molecular complexity index is 921. The number of rotatable bonds is 6. The highest BCUT2D eigenvalue weighted by Gasteiger charge is 2.22. The van der Waals surface area contributed by atoms with Crippen LogP contribution in [0.5, 0.6) is 0 Å². The number of hydrogen-bond acceptors (Lipinski definition) is 3. The van der Waals surface area contributed by atoms with Gasteiger partial charge in [0.25, 0.3) is 0 Å². The van der Waals surface area contributed by atoms with Gasteiger partial charge in [-0.15, -0.1) is 0 Å². The number of hydrogen-bond donors (Lipinski definition) is 1. The third kappa shape index (κ3) is 4.08. The minimum absolute atomic E-state index is 0.0186. The second-order valence-electron chi connectivity index (χ2n) is 5.98. The predicted octanol–water partition coefficient (Wildman–Crippen LogP) is 2.68. The van der Waals surface area contributed by atoms with Crippen LogP contribution in [-0.4, -0.2) is 29.6 Å². The first kappa shape index (κ1) is 17.7. The summed E-state index contributed by atoms with van der Waals surface area (Å²) < 4.78 is 19.9.